The minimum atomic E-state index is -0.901. The van der Waals surface area contributed by atoms with Crippen LogP contribution < -0.4 is 5.73 Å². The summed E-state index contributed by atoms with van der Waals surface area (Å²) in [6.45, 7) is 6.79. The zero-order valence-corrected chi connectivity index (χ0v) is 9.65. The average Bonchev–Trinajstić information content (AvgIpc) is 2.15. The van der Waals surface area contributed by atoms with E-state index in [2.05, 4.69) is 0 Å². The third kappa shape index (κ3) is 5.37. The van der Waals surface area contributed by atoms with E-state index in [9.17, 15) is 9.59 Å². The van der Waals surface area contributed by atoms with Crippen LogP contribution in [0.2, 0.25) is 0 Å². The van der Waals surface area contributed by atoms with Crippen LogP contribution in [-0.2, 0) is 19.1 Å². The molecule has 2 unspecified atom stereocenters. The maximum Gasteiger partial charge on any atom is 0.320 e. The van der Waals surface area contributed by atoms with E-state index < -0.39 is 17.9 Å². The molecule has 0 radical (unpaired) electrons. The Morgan fingerprint density at radius 2 is 1.53 bits per heavy atom. The zero-order chi connectivity index (χ0) is 12.0. The van der Waals surface area contributed by atoms with Gasteiger partial charge in [0.1, 0.15) is 6.10 Å². The van der Waals surface area contributed by atoms with Crippen molar-refractivity contribution < 1.29 is 19.1 Å². The second-order valence-corrected chi connectivity index (χ2v) is 3.69. The summed E-state index contributed by atoms with van der Waals surface area (Å²) in [6.07, 6.45) is -0.619. The average molecular weight is 217 g/mol. The Labute approximate surface area is 89.9 Å². The van der Waals surface area contributed by atoms with Gasteiger partial charge in [-0.15, -0.1) is 0 Å². The molecule has 0 rings (SSSR count). The first-order valence-electron chi connectivity index (χ1n) is 4.99. The Hall–Kier alpha value is -1.10. The predicted molar refractivity (Wildman–Crippen MR) is 55.0 cm³/mol. The summed E-state index contributed by atoms with van der Waals surface area (Å²) in [5.41, 5.74) is 5.28. The van der Waals surface area contributed by atoms with Gasteiger partial charge in [-0.1, -0.05) is 0 Å². The summed E-state index contributed by atoms with van der Waals surface area (Å²) in [7, 11) is 0. The highest BCUT2D eigenvalue weighted by atomic mass is 16.6. The molecule has 15 heavy (non-hydrogen) atoms. The monoisotopic (exact) mass is 217 g/mol. The Morgan fingerprint density at radius 3 is 1.93 bits per heavy atom. The minimum Gasteiger partial charge on any atom is -0.462 e. The Kier molecular flexibility index (Phi) is 5.93. The van der Waals surface area contributed by atoms with Gasteiger partial charge >= 0.3 is 11.9 Å². The topological polar surface area (TPSA) is 78.6 Å². The lowest BCUT2D eigenvalue weighted by Gasteiger charge is -2.16. The molecule has 0 fully saturated rings. The first-order chi connectivity index (χ1) is 6.88. The van der Waals surface area contributed by atoms with Crippen LogP contribution in [0, 0.1) is 5.92 Å². The van der Waals surface area contributed by atoms with Gasteiger partial charge in [-0.2, -0.15) is 0 Å². The van der Waals surface area contributed by atoms with Crippen LogP contribution in [0.3, 0.4) is 0 Å². The fourth-order valence-electron chi connectivity index (χ4n) is 0.779. The third-order valence-corrected chi connectivity index (χ3v) is 1.71. The molecule has 0 bridgehead atoms. The van der Waals surface area contributed by atoms with Gasteiger partial charge in [0.05, 0.1) is 6.10 Å². The smallest absolute Gasteiger partial charge is 0.320 e. The first-order valence-corrected chi connectivity index (χ1v) is 4.99. The number of carbonyl (C=O) groups is 2. The standard InChI is InChI=1S/C10H19NO4/c1-6(2)14-9(12)8(4)10(13)15-7(3)5-11/h6-8H,5,11H2,1-4H3. The molecule has 0 aliphatic heterocycles. The number of hydrogen-bond acceptors (Lipinski definition) is 5. The van der Waals surface area contributed by atoms with Gasteiger partial charge in [-0.05, 0) is 27.7 Å². The summed E-state index contributed by atoms with van der Waals surface area (Å²) in [6, 6.07) is 0. The van der Waals surface area contributed by atoms with Gasteiger partial charge in [0.25, 0.3) is 0 Å². The molecular formula is C10H19NO4. The molecular weight excluding hydrogens is 198 g/mol. The molecule has 0 heterocycles. The quantitative estimate of drug-likeness (QED) is 0.534. The van der Waals surface area contributed by atoms with Crippen molar-refractivity contribution in [2.75, 3.05) is 6.54 Å². The molecule has 0 aliphatic carbocycles. The van der Waals surface area contributed by atoms with E-state index in [1.165, 1.54) is 6.92 Å². The maximum absolute atomic E-state index is 11.4. The van der Waals surface area contributed by atoms with Gasteiger partial charge in [-0.25, -0.2) is 0 Å². The van der Waals surface area contributed by atoms with E-state index in [0.29, 0.717) is 0 Å². The van der Waals surface area contributed by atoms with Crippen LogP contribution in [0.5, 0.6) is 0 Å². The highest BCUT2D eigenvalue weighted by Crippen LogP contribution is 2.05. The van der Waals surface area contributed by atoms with Crippen molar-refractivity contribution in [3.63, 3.8) is 0 Å². The number of rotatable bonds is 5. The molecule has 0 saturated carbocycles. The van der Waals surface area contributed by atoms with Crippen LogP contribution >= 0.6 is 0 Å². The summed E-state index contributed by atoms with van der Waals surface area (Å²) in [5.74, 6) is -2.07. The van der Waals surface area contributed by atoms with Crippen LogP contribution in [0.15, 0.2) is 0 Å². The number of esters is 2. The minimum absolute atomic E-state index is 0.234. The normalized spacial score (nSPS) is 14.5. The van der Waals surface area contributed by atoms with Crippen molar-refractivity contribution in [3.05, 3.63) is 0 Å². The largest absolute Gasteiger partial charge is 0.462 e. The van der Waals surface area contributed by atoms with Crippen molar-refractivity contribution in [2.24, 2.45) is 11.7 Å². The zero-order valence-electron chi connectivity index (χ0n) is 9.65. The van der Waals surface area contributed by atoms with Gasteiger partial charge in [0.15, 0.2) is 5.92 Å². The van der Waals surface area contributed by atoms with Crippen molar-refractivity contribution in [3.8, 4) is 0 Å². The van der Waals surface area contributed by atoms with Crippen molar-refractivity contribution in [1.82, 2.24) is 0 Å². The molecule has 88 valence electrons. The van der Waals surface area contributed by atoms with Crippen LogP contribution in [-0.4, -0.2) is 30.7 Å². The highest BCUT2D eigenvalue weighted by Gasteiger charge is 2.26. The number of ether oxygens (including phenoxy) is 2. The van der Waals surface area contributed by atoms with E-state index in [0.717, 1.165) is 0 Å². The van der Waals surface area contributed by atoms with Crippen molar-refractivity contribution in [1.29, 1.82) is 0 Å². The fraction of sp³-hybridized carbons (Fsp3) is 0.800. The lowest BCUT2D eigenvalue weighted by Crippen LogP contribution is -2.31. The maximum atomic E-state index is 11.4. The van der Waals surface area contributed by atoms with E-state index in [-0.39, 0.29) is 18.8 Å². The van der Waals surface area contributed by atoms with Gasteiger partial charge in [-0.3, -0.25) is 9.59 Å². The SMILES string of the molecule is CC(C)OC(=O)C(C)C(=O)OC(C)CN. The molecule has 5 nitrogen and oxygen atoms in total. The number of hydrogen-bond donors (Lipinski definition) is 1. The Morgan fingerprint density at radius 1 is 1.07 bits per heavy atom. The van der Waals surface area contributed by atoms with E-state index in [1.54, 1.807) is 20.8 Å². The molecule has 0 spiro atoms. The van der Waals surface area contributed by atoms with Crippen LogP contribution in [0.1, 0.15) is 27.7 Å². The molecule has 0 aromatic heterocycles. The second-order valence-electron chi connectivity index (χ2n) is 3.69. The summed E-state index contributed by atoms with van der Waals surface area (Å²) < 4.78 is 9.78. The molecule has 0 aliphatic rings. The van der Waals surface area contributed by atoms with E-state index in [1.807, 2.05) is 0 Å². The van der Waals surface area contributed by atoms with Gasteiger partial charge in [0.2, 0.25) is 0 Å². The molecule has 0 aromatic rings. The van der Waals surface area contributed by atoms with Crippen molar-refractivity contribution >= 4 is 11.9 Å². The lowest BCUT2D eigenvalue weighted by atomic mass is 10.2. The summed E-state index contributed by atoms with van der Waals surface area (Å²) in [4.78, 5) is 22.7. The van der Waals surface area contributed by atoms with Gasteiger partial charge in [0, 0.05) is 6.54 Å². The molecule has 5 heteroatoms. The summed E-state index contributed by atoms with van der Waals surface area (Å²) in [5, 5.41) is 0. The van der Waals surface area contributed by atoms with Crippen LogP contribution in [0.25, 0.3) is 0 Å². The Balaban J connectivity index is 4.13. The van der Waals surface area contributed by atoms with E-state index in [4.69, 9.17) is 15.2 Å². The molecule has 0 saturated heterocycles. The first kappa shape index (κ1) is 13.9. The second kappa shape index (κ2) is 6.40. The third-order valence-electron chi connectivity index (χ3n) is 1.71. The number of nitrogens with two attached hydrogens (primary N) is 1. The van der Waals surface area contributed by atoms with Crippen molar-refractivity contribution in [2.45, 2.75) is 39.9 Å². The summed E-state index contributed by atoms with van der Waals surface area (Å²) >= 11 is 0. The van der Waals surface area contributed by atoms with Crippen LogP contribution in [0.4, 0.5) is 0 Å². The fourth-order valence-corrected chi connectivity index (χ4v) is 0.779. The number of carbonyl (C=O) groups excluding carboxylic acids is 2. The molecule has 0 amide bonds. The molecule has 2 atom stereocenters. The lowest BCUT2D eigenvalue weighted by molar-refractivity contribution is -0.165. The highest BCUT2D eigenvalue weighted by molar-refractivity contribution is 5.94. The predicted octanol–water partition coefficient (Wildman–Crippen LogP) is 0.465. The Bertz CT molecular complexity index is 227. The molecule has 0 aromatic carbocycles. The van der Waals surface area contributed by atoms with Gasteiger partial charge < -0.3 is 15.2 Å². The molecule has 2 N–H and O–H groups in total. The van der Waals surface area contributed by atoms with E-state index >= 15 is 0 Å².